The van der Waals surface area contributed by atoms with Gasteiger partial charge < -0.3 is 5.11 Å². The molecule has 0 unspecified atom stereocenters. The van der Waals surface area contributed by atoms with E-state index in [2.05, 4.69) is 35.5 Å². The summed E-state index contributed by atoms with van der Waals surface area (Å²) in [6.07, 6.45) is 1.41. The molecule has 0 saturated heterocycles. The van der Waals surface area contributed by atoms with Gasteiger partial charge in [-0.2, -0.15) is 0 Å². The molecule has 0 bridgehead atoms. The normalized spacial score (nSPS) is 12.8. The Morgan fingerprint density at radius 3 is 2.35 bits per heavy atom. The molecule has 3 nitrogen and oxygen atoms in total. The van der Waals surface area contributed by atoms with Crippen LogP contribution in [0, 0.1) is 13.8 Å². The molecule has 0 saturated carbocycles. The van der Waals surface area contributed by atoms with Gasteiger partial charge in [-0.1, -0.05) is 12.1 Å². The summed E-state index contributed by atoms with van der Waals surface area (Å²) in [7, 11) is 0. The molecule has 0 radical (unpaired) electrons. The van der Waals surface area contributed by atoms with E-state index in [1.807, 2.05) is 30.6 Å². The summed E-state index contributed by atoms with van der Waals surface area (Å²) in [5, 5.41) is 9.56. The molecule has 0 spiro atoms. The van der Waals surface area contributed by atoms with Crippen molar-refractivity contribution in [3.8, 4) is 5.69 Å². The quantitative estimate of drug-likeness (QED) is 0.768. The molecule has 0 amide bonds. The molecule has 0 aliphatic heterocycles. The molecule has 0 aliphatic rings. The van der Waals surface area contributed by atoms with Crippen LogP contribution >= 0.6 is 0 Å². The van der Waals surface area contributed by atoms with E-state index in [0.717, 1.165) is 22.3 Å². The minimum atomic E-state index is -0.437. The topological polar surface area (TPSA) is 38.0 Å². The Bertz CT molecular complexity index is 755. The van der Waals surface area contributed by atoms with Crippen molar-refractivity contribution in [2.75, 3.05) is 0 Å². The molecule has 20 heavy (non-hydrogen) atoms. The first-order chi connectivity index (χ1) is 9.56. The molecule has 1 atom stereocenters. The van der Waals surface area contributed by atoms with Crippen LogP contribution in [0.2, 0.25) is 0 Å². The largest absolute Gasteiger partial charge is 0.389 e. The third-order valence-corrected chi connectivity index (χ3v) is 3.82. The highest BCUT2D eigenvalue weighted by atomic mass is 16.3. The molecular weight excluding hydrogens is 248 g/mol. The number of aryl methyl sites for hydroxylation is 2. The molecule has 0 fully saturated rings. The highest BCUT2D eigenvalue weighted by molar-refractivity contribution is 5.79. The van der Waals surface area contributed by atoms with Crippen LogP contribution in [-0.2, 0) is 0 Å². The number of aliphatic hydroxyl groups is 1. The van der Waals surface area contributed by atoms with Gasteiger partial charge in [-0.25, -0.2) is 4.98 Å². The van der Waals surface area contributed by atoms with E-state index in [1.165, 1.54) is 11.1 Å². The zero-order chi connectivity index (χ0) is 14.3. The first kappa shape index (κ1) is 12.9. The standard InChI is InChI=1S/C17H18N2O/c1-11-8-16-17(9-12(11)2)19(10-18-16)15-6-4-14(5-7-15)13(3)20/h4-10,13,20H,1-3H3/t13-/m0/s1. The van der Waals surface area contributed by atoms with Gasteiger partial charge >= 0.3 is 0 Å². The minimum Gasteiger partial charge on any atom is -0.389 e. The Kier molecular flexibility index (Phi) is 3.07. The maximum atomic E-state index is 9.56. The van der Waals surface area contributed by atoms with Crippen LogP contribution in [0.1, 0.15) is 29.7 Å². The van der Waals surface area contributed by atoms with Gasteiger partial charge in [0, 0.05) is 5.69 Å². The van der Waals surface area contributed by atoms with Crippen LogP contribution < -0.4 is 0 Å². The molecule has 2 aromatic carbocycles. The molecule has 1 heterocycles. The molecule has 0 aliphatic carbocycles. The SMILES string of the molecule is Cc1cc2ncn(-c3ccc([C@H](C)O)cc3)c2cc1C. The lowest BCUT2D eigenvalue weighted by molar-refractivity contribution is 0.199. The van der Waals surface area contributed by atoms with Gasteiger partial charge in [0.15, 0.2) is 0 Å². The predicted molar refractivity (Wildman–Crippen MR) is 81.2 cm³/mol. The second-order valence-corrected chi connectivity index (χ2v) is 5.31. The van der Waals surface area contributed by atoms with Crippen LogP contribution in [0.5, 0.6) is 0 Å². The maximum Gasteiger partial charge on any atom is 0.100 e. The number of benzene rings is 2. The molecule has 3 rings (SSSR count). The van der Waals surface area contributed by atoms with E-state index < -0.39 is 6.10 Å². The summed E-state index contributed by atoms with van der Waals surface area (Å²) >= 11 is 0. The lowest BCUT2D eigenvalue weighted by Gasteiger charge is -2.08. The van der Waals surface area contributed by atoms with E-state index in [9.17, 15) is 5.11 Å². The summed E-state index contributed by atoms with van der Waals surface area (Å²) < 4.78 is 2.08. The Labute approximate surface area is 118 Å². The van der Waals surface area contributed by atoms with Crippen molar-refractivity contribution >= 4 is 11.0 Å². The number of hydrogen-bond donors (Lipinski definition) is 1. The lowest BCUT2D eigenvalue weighted by atomic mass is 10.1. The average molecular weight is 266 g/mol. The molecular formula is C17H18N2O. The third kappa shape index (κ3) is 2.10. The van der Waals surface area contributed by atoms with E-state index in [1.54, 1.807) is 6.92 Å². The van der Waals surface area contributed by atoms with Gasteiger partial charge in [-0.05, 0) is 61.7 Å². The molecule has 1 aromatic heterocycles. The van der Waals surface area contributed by atoms with E-state index >= 15 is 0 Å². The summed E-state index contributed by atoms with van der Waals surface area (Å²) in [5.41, 5.74) is 6.61. The van der Waals surface area contributed by atoms with E-state index in [-0.39, 0.29) is 0 Å². The molecule has 3 heteroatoms. The number of aromatic nitrogens is 2. The Morgan fingerprint density at radius 2 is 1.70 bits per heavy atom. The fraction of sp³-hybridized carbons (Fsp3) is 0.235. The smallest absolute Gasteiger partial charge is 0.100 e. The summed E-state index contributed by atoms with van der Waals surface area (Å²) in [6, 6.07) is 12.2. The van der Waals surface area contributed by atoms with Gasteiger partial charge in [0.05, 0.1) is 17.1 Å². The number of rotatable bonds is 2. The number of imidazole rings is 1. The van der Waals surface area contributed by atoms with Crippen molar-refractivity contribution < 1.29 is 5.11 Å². The number of nitrogens with zero attached hydrogens (tertiary/aromatic N) is 2. The monoisotopic (exact) mass is 266 g/mol. The highest BCUT2D eigenvalue weighted by Crippen LogP contribution is 2.23. The van der Waals surface area contributed by atoms with Gasteiger partial charge in [0.25, 0.3) is 0 Å². The van der Waals surface area contributed by atoms with Crippen LogP contribution in [-0.4, -0.2) is 14.7 Å². The summed E-state index contributed by atoms with van der Waals surface area (Å²) in [6.45, 7) is 5.99. The zero-order valence-corrected chi connectivity index (χ0v) is 12.0. The number of aliphatic hydroxyl groups excluding tert-OH is 1. The van der Waals surface area contributed by atoms with Crippen molar-refractivity contribution in [1.82, 2.24) is 9.55 Å². The maximum absolute atomic E-state index is 9.56. The first-order valence-electron chi connectivity index (χ1n) is 6.79. The summed E-state index contributed by atoms with van der Waals surface area (Å²) in [5.74, 6) is 0. The van der Waals surface area contributed by atoms with E-state index in [4.69, 9.17) is 0 Å². The predicted octanol–water partition coefficient (Wildman–Crippen LogP) is 3.70. The van der Waals surface area contributed by atoms with Crippen molar-refractivity contribution in [3.05, 3.63) is 59.4 Å². The Hall–Kier alpha value is -2.13. The van der Waals surface area contributed by atoms with Crippen LogP contribution in [0.15, 0.2) is 42.7 Å². The molecule has 1 N–H and O–H groups in total. The Balaban J connectivity index is 2.12. The zero-order valence-electron chi connectivity index (χ0n) is 12.0. The fourth-order valence-corrected chi connectivity index (χ4v) is 2.38. The van der Waals surface area contributed by atoms with Crippen LogP contribution in [0.4, 0.5) is 0 Å². The van der Waals surface area contributed by atoms with Gasteiger partial charge in [0.2, 0.25) is 0 Å². The summed E-state index contributed by atoms with van der Waals surface area (Å²) in [4.78, 5) is 4.47. The fourth-order valence-electron chi connectivity index (χ4n) is 2.38. The van der Waals surface area contributed by atoms with Crippen LogP contribution in [0.3, 0.4) is 0 Å². The first-order valence-corrected chi connectivity index (χ1v) is 6.79. The van der Waals surface area contributed by atoms with Crippen molar-refractivity contribution in [2.24, 2.45) is 0 Å². The highest BCUT2D eigenvalue weighted by Gasteiger charge is 2.07. The van der Waals surface area contributed by atoms with E-state index in [0.29, 0.717) is 0 Å². The number of fused-ring (bicyclic) bond motifs is 1. The lowest BCUT2D eigenvalue weighted by Crippen LogP contribution is -1.95. The van der Waals surface area contributed by atoms with Crippen molar-refractivity contribution in [3.63, 3.8) is 0 Å². The van der Waals surface area contributed by atoms with Gasteiger partial charge in [-0.15, -0.1) is 0 Å². The van der Waals surface area contributed by atoms with Crippen molar-refractivity contribution in [1.29, 1.82) is 0 Å². The average Bonchev–Trinajstić information content (AvgIpc) is 2.82. The van der Waals surface area contributed by atoms with Crippen molar-refractivity contribution in [2.45, 2.75) is 26.9 Å². The number of hydrogen-bond acceptors (Lipinski definition) is 2. The molecule has 102 valence electrons. The molecule has 3 aromatic rings. The minimum absolute atomic E-state index is 0.437. The second-order valence-electron chi connectivity index (χ2n) is 5.31. The van der Waals surface area contributed by atoms with Crippen LogP contribution in [0.25, 0.3) is 16.7 Å². The third-order valence-electron chi connectivity index (χ3n) is 3.82. The Morgan fingerprint density at radius 1 is 1.05 bits per heavy atom. The second kappa shape index (κ2) is 4.76. The van der Waals surface area contributed by atoms with Gasteiger partial charge in [0.1, 0.15) is 6.33 Å². The van der Waals surface area contributed by atoms with Gasteiger partial charge in [-0.3, -0.25) is 4.57 Å².